The molecule has 0 atom stereocenters. The molecule has 0 aliphatic rings. The van der Waals surface area contributed by atoms with Crippen molar-refractivity contribution in [1.29, 1.82) is 0 Å². The Hall–Kier alpha value is -3.28. The number of nitrogens with zero attached hydrogens (tertiary/aromatic N) is 2. The number of aromatic amines is 1. The second-order valence-electron chi connectivity index (χ2n) is 5.58. The number of nitrogens with one attached hydrogen (secondary N) is 2. The molecule has 0 saturated heterocycles. The number of hydrogen-bond acceptors (Lipinski definition) is 4. The SMILES string of the molecule is Cc1nn(-c2ccccc2F)c(=O)[nH]1.O=C(Nc1cccc(Cl)c1)OCC#CCCl. The maximum absolute atomic E-state index is 13.3. The predicted octanol–water partition coefficient (Wildman–Crippen LogP) is 4.14. The fourth-order valence-electron chi connectivity index (χ4n) is 2.13. The molecule has 0 saturated carbocycles. The second kappa shape index (κ2) is 11.7. The molecule has 7 nitrogen and oxygen atoms in total. The van der Waals surface area contributed by atoms with E-state index in [9.17, 15) is 14.0 Å². The number of aromatic nitrogens is 3. The van der Waals surface area contributed by atoms with E-state index in [1.54, 1.807) is 43.3 Å². The van der Waals surface area contributed by atoms with E-state index in [4.69, 9.17) is 27.9 Å². The molecule has 0 spiro atoms. The summed E-state index contributed by atoms with van der Waals surface area (Å²) in [4.78, 5) is 24.9. The Balaban J connectivity index is 0.000000215. The van der Waals surface area contributed by atoms with Gasteiger partial charge in [0.1, 0.15) is 17.3 Å². The number of H-pyrrole nitrogens is 1. The summed E-state index contributed by atoms with van der Waals surface area (Å²) in [6.07, 6.45) is -0.578. The van der Waals surface area contributed by atoms with E-state index in [0.717, 1.165) is 4.68 Å². The van der Waals surface area contributed by atoms with Crippen molar-refractivity contribution < 1.29 is 13.9 Å². The summed E-state index contributed by atoms with van der Waals surface area (Å²) in [6.45, 7) is 1.65. The molecule has 156 valence electrons. The third-order valence-corrected chi connectivity index (χ3v) is 3.72. The quantitative estimate of drug-likeness (QED) is 0.463. The predicted molar refractivity (Wildman–Crippen MR) is 114 cm³/mol. The Bertz CT molecular complexity index is 1120. The van der Waals surface area contributed by atoms with E-state index in [2.05, 4.69) is 27.2 Å². The normalized spacial score (nSPS) is 9.60. The molecule has 0 bridgehead atoms. The minimum absolute atomic E-state index is 0.0130. The van der Waals surface area contributed by atoms with Gasteiger partial charge in [-0.1, -0.05) is 41.6 Å². The monoisotopic (exact) mass is 450 g/mol. The van der Waals surface area contributed by atoms with Crippen LogP contribution in [-0.2, 0) is 4.74 Å². The first-order valence-corrected chi connectivity index (χ1v) is 9.44. The van der Waals surface area contributed by atoms with Gasteiger partial charge in [0.15, 0.2) is 6.61 Å². The standard InChI is InChI=1S/C11H9Cl2NO2.C9H8FN3O/c12-6-1-2-7-16-11(15)14-10-5-3-4-9(13)8-10;1-6-11-9(14)13(12-6)8-5-3-2-4-7(8)10/h3-5,8H,6-7H2,(H,14,15);2-5H,1H3,(H,11,12,14). The smallest absolute Gasteiger partial charge is 0.412 e. The average molecular weight is 451 g/mol. The van der Waals surface area contributed by atoms with Crippen molar-refractivity contribution >= 4 is 35.0 Å². The summed E-state index contributed by atoms with van der Waals surface area (Å²) < 4.78 is 19.0. The zero-order valence-corrected chi connectivity index (χ0v) is 17.3. The number of para-hydroxylation sites is 1. The fraction of sp³-hybridized carbons (Fsp3) is 0.150. The minimum Gasteiger partial charge on any atom is -0.436 e. The van der Waals surface area contributed by atoms with Crippen molar-refractivity contribution in [1.82, 2.24) is 14.8 Å². The van der Waals surface area contributed by atoms with Crippen molar-refractivity contribution in [3.8, 4) is 17.5 Å². The molecule has 3 aromatic rings. The highest BCUT2D eigenvalue weighted by atomic mass is 35.5. The molecule has 0 aliphatic carbocycles. The first-order chi connectivity index (χ1) is 14.4. The van der Waals surface area contributed by atoms with E-state index >= 15 is 0 Å². The molecular weight excluding hydrogens is 434 g/mol. The Morgan fingerprint density at radius 2 is 2.03 bits per heavy atom. The first-order valence-electron chi connectivity index (χ1n) is 8.52. The Labute approximate surface area is 181 Å². The van der Waals surface area contributed by atoms with Crippen molar-refractivity contribution in [2.45, 2.75) is 6.92 Å². The summed E-state index contributed by atoms with van der Waals surface area (Å²) in [5.74, 6) is 5.34. The molecule has 2 N–H and O–H groups in total. The minimum atomic E-state index is -0.578. The van der Waals surface area contributed by atoms with Crippen LogP contribution in [-0.4, -0.2) is 33.3 Å². The lowest BCUT2D eigenvalue weighted by Gasteiger charge is -2.04. The van der Waals surface area contributed by atoms with Crippen LogP contribution in [0.1, 0.15) is 5.82 Å². The van der Waals surface area contributed by atoms with Crippen LogP contribution in [0.5, 0.6) is 0 Å². The van der Waals surface area contributed by atoms with Gasteiger partial charge in [0.05, 0.1) is 5.88 Å². The van der Waals surface area contributed by atoms with E-state index in [0.29, 0.717) is 16.5 Å². The Kier molecular flexibility index (Phi) is 8.94. The van der Waals surface area contributed by atoms with Gasteiger partial charge < -0.3 is 4.74 Å². The largest absolute Gasteiger partial charge is 0.436 e. The molecule has 10 heteroatoms. The average Bonchev–Trinajstić information content (AvgIpc) is 3.04. The van der Waals surface area contributed by atoms with E-state index in [1.807, 2.05) is 0 Å². The summed E-state index contributed by atoms with van der Waals surface area (Å²) in [6, 6.07) is 12.8. The molecule has 3 rings (SSSR count). The Morgan fingerprint density at radius 3 is 2.67 bits per heavy atom. The molecule has 0 unspecified atom stereocenters. The fourth-order valence-corrected chi connectivity index (χ4v) is 2.42. The van der Waals surface area contributed by atoms with Gasteiger partial charge in [-0.2, -0.15) is 9.78 Å². The van der Waals surface area contributed by atoms with Crippen LogP contribution in [0.3, 0.4) is 0 Å². The molecule has 0 radical (unpaired) electrons. The number of hydrogen-bond donors (Lipinski definition) is 2. The van der Waals surface area contributed by atoms with Crippen LogP contribution in [0, 0.1) is 24.6 Å². The maximum Gasteiger partial charge on any atom is 0.412 e. The Morgan fingerprint density at radius 1 is 1.27 bits per heavy atom. The van der Waals surface area contributed by atoms with Gasteiger partial charge in [-0.25, -0.2) is 14.0 Å². The zero-order valence-electron chi connectivity index (χ0n) is 15.8. The van der Waals surface area contributed by atoms with Gasteiger partial charge in [-0.05, 0) is 37.3 Å². The van der Waals surface area contributed by atoms with Gasteiger partial charge in [-0.3, -0.25) is 10.3 Å². The highest BCUT2D eigenvalue weighted by Gasteiger charge is 2.08. The number of halogens is 3. The number of ether oxygens (including phenoxy) is 1. The van der Waals surface area contributed by atoms with Gasteiger partial charge in [-0.15, -0.1) is 11.6 Å². The van der Waals surface area contributed by atoms with Gasteiger partial charge >= 0.3 is 11.8 Å². The number of aryl methyl sites for hydroxylation is 1. The third-order valence-electron chi connectivity index (χ3n) is 3.35. The lowest BCUT2D eigenvalue weighted by Crippen LogP contribution is -2.17. The van der Waals surface area contributed by atoms with Crippen molar-refractivity contribution in [3.63, 3.8) is 0 Å². The number of anilines is 1. The summed E-state index contributed by atoms with van der Waals surface area (Å²) in [5.41, 5.74) is 0.289. The third kappa shape index (κ3) is 7.28. The lowest BCUT2D eigenvalue weighted by molar-refractivity contribution is 0.176. The topological polar surface area (TPSA) is 89.0 Å². The number of carbonyl (C=O) groups is 1. The highest BCUT2D eigenvalue weighted by Crippen LogP contribution is 2.14. The number of benzene rings is 2. The second-order valence-corrected chi connectivity index (χ2v) is 6.28. The number of amides is 1. The number of rotatable bonds is 3. The van der Waals surface area contributed by atoms with Crippen LogP contribution in [0.4, 0.5) is 14.9 Å². The lowest BCUT2D eigenvalue weighted by atomic mass is 10.3. The number of carbonyl (C=O) groups excluding carboxylic acids is 1. The molecule has 1 amide bonds. The molecular formula is C20H17Cl2FN4O3. The van der Waals surface area contributed by atoms with Crippen LogP contribution in [0.2, 0.25) is 5.02 Å². The molecule has 2 aromatic carbocycles. The first kappa shape index (κ1) is 23.0. The zero-order chi connectivity index (χ0) is 21.9. The van der Waals surface area contributed by atoms with Gasteiger partial charge in [0, 0.05) is 10.7 Å². The van der Waals surface area contributed by atoms with Crippen molar-refractivity contribution in [2.75, 3.05) is 17.8 Å². The van der Waals surface area contributed by atoms with Crippen LogP contribution in [0.25, 0.3) is 5.69 Å². The van der Waals surface area contributed by atoms with E-state index < -0.39 is 17.6 Å². The van der Waals surface area contributed by atoms with E-state index in [1.165, 1.54) is 12.1 Å². The molecule has 0 aliphatic heterocycles. The van der Waals surface area contributed by atoms with Crippen LogP contribution >= 0.6 is 23.2 Å². The van der Waals surface area contributed by atoms with Crippen molar-refractivity contribution in [2.24, 2.45) is 0 Å². The van der Waals surface area contributed by atoms with Gasteiger partial charge in [0.25, 0.3) is 0 Å². The van der Waals surface area contributed by atoms with E-state index in [-0.39, 0.29) is 18.2 Å². The molecule has 30 heavy (non-hydrogen) atoms. The highest BCUT2D eigenvalue weighted by molar-refractivity contribution is 6.30. The van der Waals surface area contributed by atoms with Crippen LogP contribution in [0.15, 0.2) is 53.3 Å². The molecule has 1 heterocycles. The molecule has 1 aromatic heterocycles. The summed E-state index contributed by atoms with van der Waals surface area (Å²) in [7, 11) is 0. The van der Waals surface area contributed by atoms with Gasteiger partial charge in [0.2, 0.25) is 0 Å². The van der Waals surface area contributed by atoms with Crippen LogP contribution < -0.4 is 11.0 Å². The molecule has 0 fully saturated rings. The summed E-state index contributed by atoms with van der Waals surface area (Å²) >= 11 is 11.1. The maximum atomic E-state index is 13.3. The van der Waals surface area contributed by atoms with Crippen molar-refractivity contribution in [3.05, 3.63) is 75.7 Å². The summed E-state index contributed by atoms with van der Waals surface area (Å²) in [5, 5.41) is 6.90. The number of alkyl halides is 1.